The Balaban J connectivity index is 1.19. The van der Waals surface area contributed by atoms with E-state index < -0.39 is 0 Å². The smallest absolute Gasteiger partial charge is 0.103 e. The van der Waals surface area contributed by atoms with Gasteiger partial charge >= 0.3 is 0 Å². The Morgan fingerprint density at radius 1 is 1.12 bits per heavy atom. The Kier molecular flexibility index (Phi) is 6.90. The van der Waals surface area contributed by atoms with E-state index in [2.05, 4.69) is 69.5 Å². The van der Waals surface area contributed by atoms with E-state index in [0.717, 1.165) is 45.9 Å². The molecule has 10 heteroatoms. The van der Waals surface area contributed by atoms with Crippen molar-refractivity contribution in [3.8, 4) is 6.07 Å². The van der Waals surface area contributed by atoms with E-state index in [4.69, 9.17) is 23.2 Å². The molecule has 2 saturated carbocycles. The van der Waals surface area contributed by atoms with Crippen LogP contribution in [0.3, 0.4) is 0 Å². The van der Waals surface area contributed by atoms with E-state index in [1.165, 1.54) is 25.9 Å². The molecule has 7 rings (SSSR count). The summed E-state index contributed by atoms with van der Waals surface area (Å²) in [7, 11) is 0. The molecule has 8 nitrogen and oxygen atoms in total. The van der Waals surface area contributed by atoms with Gasteiger partial charge in [0, 0.05) is 54.2 Å². The zero-order valence-electron chi connectivity index (χ0n) is 24.1. The fourth-order valence-corrected chi connectivity index (χ4v) is 6.86. The lowest BCUT2D eigenvalue weighted by molar-refractivity contribution is 0.194. The number of hydrazine groups is 2. The van der Waals surface area contributed by atoms with Crippen LogP contribution in [0.5, 0.6) is 0 Å². The van der Waals surface area contributed by atoms with Crippen LogP contribution in [0, 0.1) is 28.6 Å². The van der Waals surface area contributed by atoms with E-state index >= 15 is 0 Å². The maximum Gasteiger partial charge on any atom is 0.103 e. The summed E-state index contributed by atoms with van der Waals surface area (Å²) in [6.45, 7) is 9.58. The van der Waals surface area contributed by atoms with E-state index in [1.807, 2.05) is 36.4 Å². The lowest BCUT2D eigenvalue weighted by Gasteiger charge is -2.23. The highest BCUT2D eigenvalue weighted by Gasteiger charge is 2.60. The lowest BCUT2D eigenvalue weighted by atomic mass is 9.96. The van der Waals surface area contributed by atoms with Gasteiger partial charge in [-0.3, -0.25) is 14.9 Å². The number of aromatic nitrogens is 1. The van der Waals surface area contributed by atoms with Crippen molar-refractivity contribution in [2.45, 2.75) is 51.7 Å². The summed E-state index contributed by atoms with van der Waals surface area (Å²) >= 11 is 13.1. The van der Waals surface area contributed by atoms with Gasteiger partial charge in [-0.2, -0.15) is 5.26 Å². The van der Waals surface area contributed by atoms with Crippen molar-refractivity contribution in [1.29, 1.82) is 5.26 Å². The molecule has 1 saturated heterocycles. The number of anilines is 2. The predicted octanol–water partition coefficient (Wildman–Crippen LogP) is 6.28. The van der Waals surface area contributed by atoms with Crippen LogP contribution in [0.15, 0.2) is 54.5 Å². The van der Waals surface area contributed by atoms with Crippen molar-refractivity contribution in [2.24, 2.45) is 17.3 Å². The molecule has 3 unspecified atom stereocenters. The minimum atomic E-state index is -0.201. The molecule has 2 aliphatic carbocycles. The number of nitriles is 1. The molecule has 3 atom stereocenters. The van der Waals surface area contributed by atoms with Gasteiger partial charge in [-0.05, 0) is 59.9 Å². The molecule has 42 heavy (non-hydrogen) atoms. The number of halogens is 2. The second-order valence-corrected chi connectivity index (χ2v) is 14.1. The van der Waals surface area contributed by atoms with Crippen LogP contribution in [0.4, 0.5) is 11.4 Å². The maximum absolute atomic E-state index is 9.87. The van der Waals surface area contributed by atoms with Crippen LogP contribution in [0.25, 0.3) is 10.9 Å². The van der Waals surface area contributed by atoms with Crippen molar-refractivity contribution >= 4 is 45.5 Å². The number of nitrogens with zero attached hydrogens (tertiary/aromatic N) is 4. The molecule has 4 N–H and O–H groups in total. The summed E-state index contributed by atoms with van der Waals surface area (Å²) in [5, 5.41) is 21.4. The summed E-state index contributed by atoms with van der Waals surface area (Å²) in [5.41, 5.74) is 11.7. The molecule has 2 aromatic carbocycles. The molecule has 218 valence electrons. The van der Waals surface area contributed by atoms with Gasteiger partial charge in [-0.15, -0.1) is 5.53 Å². The Labute approximate surface area is 257 Å². The molecular formula is C32H36Cl2N8. The van der Waals surface area contributed by atoms with Crippen LogP contribution < -0.4 is 21.6 Å². The zero-order chi connectivity index (χ0) is 29.2. The number of nitrogens with one attached hydrogen (secondary N) is 4. The SMILES string of the molecule is CC(C)(C)CNc1c(C#N)cnc2c(Cl)cc(NC(C3=CN(C4C5CN(C6CC6)CC54)NN3)c3ccc(Cl)cc3)cc12. The highest BCUT2D eigenvalue weighted by atomic mass is 35.5. The van der Waals surface area contributed by atoms with Crippen LogP contribution in [0.1, 0.15) is 50.8 Å². The number of hydrogen-bond donors (Lipinski definition) is 4. The molecule has 3 heterocycles. The van der Waals surface area contributed by atoms with Crippen molar-refractivity contribution in [2.75, 3.05) is 30.3 Å². The first-order valence-electron chi connectivity index (χ1n) is 14.7. The Morgan fingerprint density at radius 2 is 1.86 bits per heavy atom. The number of hydrogen-bond acceptors (Lipinski definition) is 8. The van der Waals surface area contributed by atoms with Gasteiger partial charge in [0.2, 0.25) is 0 Å². The fraction of sp³-hybridized carbons (Fsp3) is 0.438. The normalized spacial score (nSPS) is 24.1. The van der Waals surface area contributed by atoms with Crippen LogP contribution >= 0.6 is 23.2 Å². The summed E-state index contributed by atoms with van der Waals surface area (Å²) in [6, 6.07) is 15.3. The number of likely N-dealkylation sites (tertiary alicyclic amines) is 1. The molecule has 0 bridgehead atoms. The molecule has 1 aromatic heterocycles. The van der Waals surface area contributed by atoms with Gasteiger partial charge in [0.1, 0.15) is 6.07 Å². The average molecular weight is 604 g/mol. The Hall–Kier alpha value is -3.22. The number of piperidine rings is 1. The molecule has 4 aliphatic rings. The molecule has 0 radical (unpaired) electrons. The third-order valence-electron chi connectivity index (χ3n) is 8.84. The lowest BCUT2D eigenvalue weighted by Crippen LogP contribution is -2.42. The first-order chi connectivity index (χ1) is 20.2. The standard InChI is InChI=1S/C32H36Cl2N8/c1-32(2,3)17-37-28-19(12-35)13-36-30-23(28)10-21(11-26(30)34)38-29(18-4-6-20(33)7-5-18)27-16-42(40-39-27)31-24-14-41(15-25(24)31)22-8-9-22/h4-7,10-11,13,16,22,24-25,29,31,38-40H,8-9,14-15,17H2,1-3H3,(H,36,37). The van der Waals surface area contributed by atoms with Gasteiger partial charge in [-0.25, -0.2) is 0 Å². The summed E-state index contributed by atoms with van der Waals surface area (Å²) < 4.78 is 0. The third-order valence-corrected chi connectivity index (χ3v) is 9.38. The van der Waals surface area contributed by atoms with E-state index in [9.17, 15) is 5.26 Å². The first kappa shape index (κ1) is 27.6. The second-order valence-electron chi connectivity index (χ2n) is 13.3. The third kappa shape index (κ3) is 5.35. The average Bonchev–Trinajstić information content (AvgIpc) is 3.82. The zero-order valence-corrected chi connectivity index (χ0v) is 25.6. The molecule has 3 aromatic rings. The van der Waals surface area contributed by atoms with Crippen molar-refractivity contribution < 1.29 is 0 Å². The number of rotatable bonds is 8. The van der Waals surface area contributed by atoms with Crippen molar-refractivity contribution in [3.63, 3.8) is 0 Å². The number of pyridine rings is 1. The van der Waals surface area contributed by atoms with Crippen LogP contribution in [0.2, 0.25) is 10.0 Å². The van der Waals surface area contributed by atoms with Gasteiger partial charge in [0.05, 0.1) is 39.6 Å². The predicted molar refractivity (Wildman–Crippen MR) is 169 cm³/mol. The second kappa shape index (κ2) is 10.5. The van der Waals surface area contributed by atoms with Gasteiger partial charge < -0.3 is 16.1 Å². The minimum Gasteiger partial charge on any atom is -0.383 e. The Bertz CT molecular complexity index is 1580. The minimum absolute atomic E-state index is 0.0252. The highest BCUT2D eigenvalue weighted by Crippen LogP contribution is 2.51. The van der Waals surface area contributed by atoms with Gasteiger partial charge in [0.15, 0.2) is 0 Å². The monoisotopic (exact) mass is 602 g/mol. The summed E-state index contributed by atoms with van der Waals surface area (Å²) in [6.07, 6.45) is 6.53. The largest absolute Gasteiger partial charge is 0.383 e. The van der Waals surface area contributed by atoms with Gasteiger partial charge in [0.25, 0.3) is 0 Å². The fourth-order valence-electron chi connectivity index (χ4n) is 6.46. The van der Waals surface area contributed by atoms with E-state index in [0.29, 0.717) is 33.7 Å². The van der Waals surface area contributed by atoms with Crippen LogP contribution in [-0.4, -0.2) is 46.6 Å². The quantitative estimate of drug-likeness (QED) is 0.239. The molecule has 0 amide bonds. The molecular weight excluding hydrogens is 567 g/mol. The number of fused-ring (bicyclic) bond motifs is 2. The first-order valence-corrected chi connectivity index (χ1v) is 15.5. The summed E-state index contributed by atoms with van der Waals surface area (Å²) in [4.78, 5) is 7.20. The van der Waals surface area contributed by atoms with E-state index in [1.54, 1.807) is 6.20 Å². The molecule has 2 aliphatic heterocycles. The summed E-state index contributed by atoms with van der Waals surface area (Å²) in [5.74, 6) is 1.44. The van der Waals surface area contributed by atoms with Crippen molar-refractivity contribution in [1.82, 2.24) is 25.9 Å². The molecule has 3 fully saturated rings. The van der Waals surface area contributed by atoms with Crippen LogP contribution in [-0.2, 0) is 0 Å². The maximum atomic E-state index is 9.87. The van der Waals surface area contributed by atoms with Crippen molar-refractivity contribution in [3.05, 3.63) is 75.7 Å². The number of benzene rings is 2. The van der Waals surface area contributed by atoms with E-state index in [-0.39, 0.29) is 11.5 Å². The van der Waals surface area contributed by atoms with Gasteiger partial charge in [-0.1, -0.05) is 56.1 Å². The topological polar surface area (TPSA) is 91.3 Å². The Morgan fingerprint density at radius 3 is 2.52 bits per heavy atom. The molecule has 0 spiro atoms. The highest BCUT2D eigenvalue weighted by molar-refractivity contribution is 6.36.